The van der Waals surface area contributed by atoms with Gasteiger partial charge in [0.05, 0.1) is 6.20 Å². The molecule has 0 spiro atoms. The molecule has 4 saturated carbocycles. The van der Waals surface area contributed by atoms with Crippen LogP contribution in [0.3, 0.4) is 0 Å². The minimum absolute atomic E-state index is 0.0350. The molecule has 1 N–H and O–H groups in total. The third-order valence-electron chi connectivity index (χ3n) is 8.49. The summed E-state index contributed by atoms with van der Waals surface area (Å²) < 4.78 is 1.89. The molecule has 170 valence electrons. The maximum Gasteiger partial charge on any atom is 0.257 e. The zero-order valence-corrected chi connectivity index (χ0v) is 19.2. The number of aryl methyl sites for hydroxylation is 1. The molecule has 0 unspecified atom stereocenters. The normalized spacial score (nSPS) is 31.8. The van der Waals surface area contributed by atoms with Crippen LogP contribution < -0.4 is 10.2 Å². The van der Waals surface area contributed by atoms with Crippen LogP contribution in [-0.2, 0) is 13.6 Å². The molecule has 1 aromatic heterocycles. The highest BCUT2D eigenvalue weighted by atomic mass is 16.2. The second kappa shape index (κ2) is 7.91. The highest BCUT2D eigenvalue weighted by molar-refractivity contribution is 5.99. The molecule has 2 aromatic rings. The third-order valence-corrected chi connectivity index (χ3v) is 8.49. The number of hydrogen-bond acceptors (Lipinski definition) is 4. The molecule has 7 rings (SSSR count). The van der Waals surface area contributed by atoms with Gasteiger partial charge in [0.25, 0.3) is 5.91 Å². The molecule has 0 atom stereocenters. The lowest BCUT2D eigenvalue weighted by molar-refractivity contribution is -0.0166. The predicted molar refractivity (Wildman–Crippen MR) is 126 cm³/mol. The highest BCUT2D eigenvalue weighted by Gasteiger charge is 2.51. The lowest BCUT2D eigenvalue weighted by atomic mass is 9.53. The molecule has 6 nitrogen and oxygen atoms in total. The fraction of sp³-hybridized carbons (Fsp3) is 0.615. The van der Waals surface area contributed by atoms with Gasteiger partial charge in [-0.3, -0.25) is 14.4 Å². The number of aromatic nitrogens is 2. The van der Waals surface area contributed by atoms with Gasteiger partial charge in [-0.25, -0.2) is 0 Å². The number of piperazine rings is 1. The summed E-state index contributed by atoms with van der Waals surface area (Å²) in [5, 5.41) is 8.04. The number of amides is 1. The van der Waals surface area contributed by atoms with Gasteiger partial charge in [0.1, 0.15) is 11.4 Å². The Kier molecular flexibility index (Phi) is 5.01. The highest BCUT2D eigenvalue weighted by Crippen LogP contribution is 2.55. The van der Waals surface area contributed by atoms with E-state index in [2.05, 4.69) is 50.5 Å². The SMILES string of the molecule is Cn1ncc(C(=O)NC23CC4CC(CC(C4)C2)C3)c1N1CCN(Cc2ccccc2)CC1. The van der Waals surface area contributed by atoms with E-state index < -0.39 is 0 Å². The minimum Gasteiger partial charge on any atom is -0.354 e. The van der Waals surface area contributed by atoms with Crippen molar-refractivity contribution in [2.24, 2.45) is 24.8 Å². The minimum atomic E-state index is 0.0350. The summed E-state index contributed by atoms with van der Waals surface area (Å²) in [5.74, 6) is 3.54. The Balaban J connectivity index is 1.14. The summed E-state index contributed by atoms with van der Waals surface area (Å²) in [7, 11) is 1.97. The van der Waals surface area contributed by atoms with Gasteiger partial charge in [0.15, 0.2) is 0 Å². The zero-order valence-electron chi connectivity index (χ0n) is 19.2. The van der Waals surface area contributed by atoms with Gasteiger partial charge in [-0.2, -0.15) is 5.10 Å². The van der Waals surface area contributed by atoms with Crippen LogP contribution in [0.1, 0.15) is 54.4 Å². The molecule has 32 heavy (non-hydrogen) atoms. The number of benzene rings is 1. The van der Waals surface area contributed by atoms with Crippen LogP contribution in [-0.4, -0.2) is 52.3 Å². The fourth-order valence-electron chi connectivity index (χ4n) is 7.50. The summed E-state index contributed by atoms with van der Waals surface area (Å²) in [6.07, 6.45) is 9.48. The van der Waals surface area contributed by atoms with Crippen molar-refractivity contribution >= 4 is 11.7 Å². The molecule has 1 aromatic carbocycles. The van der Waals surface area contributed by atoms with Crippen molar-refractivity contribution in [1.82, 2.24) is 20.0 Å². The molecule has 2 heterocycles. The molecule has 5 fully saturated rings. The maximum absolute atomic E-state index is 13.5. The second-order valence-corrected chi connectivity index (χ2v) is 10.9. The fourth-order valence-corrected chi connectivity index (χ4v) is 7.50. The molecule has 1 aliphatic heterocycles. The van der Waals surface area contributed by atoms with Crippen molar-refractivity contribution in [3.05, 3.63) is 47.7 Å². The number of anilines is 1. The molecule has 1 saturated heterocycles. The van der Waals surface area contributed by atoms with Crippen molar-refractivity contribution in [3.63, 3.8) is 0 Å². The van der Waals surface area contributed by atoms with Crippen molar-refractivity contribution < 1.29 is 4.79 Å². The number of hydrogen-bond donors (Lipinski definition) is 1. The van der Waals surface area contributed by atoms with E-state index in [-0.39, 0.29) is 11.4 Å². The average Bonchev–Trinajstić information content (AvgIpc) is 3.15. The van der Waals surface area contributed by atoms with Crippen LogP contribution in [0.25, 0.3) is 0 Å². The first kappa shape index (κ1) is 20.3. The lowest BCUT2D eigenvalue weighted by Gasteiger charge is -2.56. The van der Waals surface area contributed by atoms with Crippen LogP contribution in [0.4, 0.5) is 5.82 Å². The number of nitrogens with one attached hydrogen (secondary N) is 1. The predicted octanol–water partition coefficient (Wildman–Crippen LogP) is 3.44. The van der Waals surface area contributed by atoms with Gasteiger partial charge in [-0.15, -0.1) is 0 Å². The van der Waals surface area contributed by atoms with Crippen molar-refractivity contribution in [2.45, 2.75) is 50.6 Å². The van der Waals surface area contributed by atoms with Crippen molar-refractivity contribution in [3.8, 4) is 0 Å². The van der Waals surface area contributed by atoms with E-state index in [0.717, 1.165) is 61.9 Å². The van der Waals surface area contributed by atoms with Crippen LogP contribution in [0.2, 0.25) is 0 Å². The van der Waals surface area contributed by atoms with Gasteiger partial charge in [-0.1, -0.05) is 30.3 Å². The van der Waals surface area contributed by atoms with Crippen LogP contribution >= 0.6 is 0 Å². The Morgan fingerprint density at radius 3 is 2.25 bits per heavy atom. The monoisotopic (exact) mass is 433 g/mol. The molecule has 6 heteroatoms. The summed E-state index contributed by atoms with van der Waals surface area (Å²) in [6.45, 7) is 4.82. The van der Waals surface area contributed by atoms with E-state index in [0.29, 0.717) is 0 Å². The van der Waals surface area contributed by atoms with Gasteiger partial charge in [0, 0.05) is 45.3 Å². The summed E-state index contributed by atoms with van der Waals surface area (Å²) in [5.41, 5.74) is 2.14. The van der Waals surface area contributed by atoms with Crippen LogP contribution in [0.5, 0.6) is 0 Å². The Labute approximate surface area is 191 Å². The molecule has 1 amide bonds. The van der Waals surface area contributed by atoms with Gasteiger partial charge >= 0.3 is 0 Å². The second-order valence-electron chi connectivity index (χ2n) is 10.9. The molecule has 0 radical (unpaired) electrons. The number of rotatable bonds is 5. The number of carbonyl (C=O) groups excluding carboxylic acids is 1. The van der Waals surface area contributed by atoms with E-state index in [9.17, 15) is 4.79 Å². The smallest absolute Gasteiger partial charge is 0.257 e. The van der Waals surface area contributed by atoms with Crippen LogP contribution in [0, 0.1) is 17.8 Å². The Hall–Kier alpha value is -2.34. The largest absolute Gasteiger partial charge is 0.354 e. The maximum atomic E-state index is 13.5. The molecule has 4 aliphatic carbocycles. The van der Waals surface area contributed by atoms with E-state index in [1.165, 1.54) is 44.1 Å². The van der Waals surface area contributed by atoms with E-state index >= 15 is 0 Å². The van der Waals surface area contributed by atoms with E-state index in [1.54, 1.807) is 6.20 Å². The first-order valence-corrected chi connectivity index (χ1v) is 12.4. The van der Waals surface area contributed by atoms with Gasteiger partial charge in [0.2, 0.25) is 0 Å². The van der Waals surface area contributed by atoms with Gasteiger partial charge < -0.3 is 10.2 Å². The first-order valence-electron chi connectivity index (χ1n) is 12.4. The Bertz CT molecular complexity index is 940. The van der Waals surface area contributed by atoms with E-state index in [4.69, 9.17) is 0 Å². The molecular formula is C26H35N5O. The Morgan fingerprint density at radius 1 is 1.00 bits per heavy atom. The standard InChI is InChI=1S/C26H35N5O/c1-29-25(31-9-7-30(8-10-31)18-19-5-3-2-4-6-19)23(17-27-29)24(32)28-26-14-20-11-21(15-26)13-22(12-20)16-26/h2-6,17,20-22H,7-16,18H2,1H3,(H,28,32). The number of carbonyl (C=O) groups is 1. The Morgan fingerprint density at radius 2 is 1.62 bits per heavy atom. The topological polar surface area (TPSA) is 53.4 Å². The van der Waals surface area contributed by atoms with Crippen LogP contribution in [0.15, 0.2) is 36.5 Å². The lowest BCUT2D eigenvalue weighted by Crippen LogP contribution is -2.60. The quantitative estimate of drug-likeness (QED) is 0.785. The first-order chi connectivity index (χ1) is 15.6. The third kappa shape index (κ3) is 3.72. The summed E-state index contributed by atoms with van der Waals surface area (Å²) in [4.78, 5) is 18.4. The number of nitrogens with zero attached hydrogens (tertiary/aromatic N) is 4. The molecule has 4 bridgehead atoms. The van der Waals surface area contributed by atoms with Gasteiger partial charge in [-0.05, 0) is 61.8 Å². The zero-order chi connectivity index (χ0) is 21.7. The molecular weight excluding hydrogens is 398 g/mol. The summed E-state index contributed by atoms with van der Waals surface area (Å²) >= 11 is 0. The molecule has 5 aliphatic rings. The summed E-state index contributed by atoms with van der Waals surface area (Å²) in [6, 6.07) is 10.7. The van der Waals surface area contributed by atoms with Crippen molar-refractivity contribution in [2.75, 3.05) is 31.1 Å². The average molecular weight is 434 g/mol. The van der Waals surface area contributed by atoms with E-state index in [1.807, 2.05) is 11.7 Å². The van der Waals surface area contributed by atoms with Crippen molar-refractivity contribution in [1.29, 1.82) is 0 Å².